The van der Waals surface area contributed by atoms with Crippen LogP contribution in [0.5, 0.6) is 0 Å². The number of aromatic amines is 1. The number of nitrogens with one attached hydrogen (secondary N) is 1. The van der Waals surface area contributed by atoms with Gasteiger partial charge in [0.15, 0.2) is 0 Å². The average molecular weight is 583 g/mol. The Hall–Kier alpha value is -4.01. The van der Waals surface area contributed by atoms with Crippen molar-refractivity contribution in [1.29, 1.82) is 0 Å². The van der Waals surface area contributed by atoms with Crippen LogP contribution in [0.4, 0.5) is 4.79 Å². The fraction of sp³-hybridized carbons (Fsp3) is 0.294. The maximum atomic E-state index is 13.1. The van der Waals surface area contributed by atoms with Crippen LogP contribution in [0.3, 0.4) is 0 Å². The molecule has 7 nitrogen and oxygen atoms in total. The summed E-state index contributed by atoms with van der Waals surface area (Å²) in [7, 11) is 0. The first-order chi connectivity index (χ1) is 20.0. The fourth-order valence-electron chi connectivity index (χ4n) is 5.87. The standard InChI is InChI=1S/C34H36N4O3.H2S/c1-25(37(22-26-10-4-2-5-11-26)23-27-12-6-3-7-13-27)24-41-34(40)36-18-16-30(17-19-36)38-32-21-29-15-9-8-14-28(29)20-31(32)35-33(38)39;/h2-15,20-21,25,30H,16-19,22-24H2,1H3,(H,35,39);1H2/t25-;/m0./s1. The van der Waals surface area contributed by atoms with Gasteiger partial charge in [-0.15, -0.1) is 0 Å². The van der Waals surface area contributed by atoms with Crippen LogP contribution in [0, 0.1) is 0 Å². The van der Waals surface area contributed by atoms with E-state index in [9.17, 15) is 9.59 Å². The molecule has 1 aromatic heterocycles. The number of ether oxygens (including phenoxy) is 1. The molecule has 0 bridgehead atoms. The van der Waals surface area contributed by atoms with E-state index in [4.69, 9.17) is 4.74 Å². The van der Waals surface area contributed by atoms with Crippen molar-refractivity contribution in [3.05, 3.63) is 119 Å². The minimum Gasteiger partial charge on any atom is -0.448 e. The molecule has 1 saturated heterocycles. The van der Waals surface area contributed by atoms with Gasteiger partial charge < -0.3 is 14.6 Å². The second kappa shape index (κ2) is 13.3. The molecule has 1 N–H and O–H groups in total. The van der Waals surface area contributed by atoms with Gasteiger partial charge in [0.2, 0.25) is 0 Å². The van der Waals surface area contributed by atoms with Crippen molar-refractivity contribution in [2.24, 2.45) is 0 Å². The molecule has 0 aliphatic carbocycles. The third-order valence-electron chi connectivity index (χ3n) is 8.20. The Kier molecular flexibility index (Phi) is 9.35. The fourth-order valence-corrected chi connectivity index (χ4v) is 5.87. The second-order valence-corrected chi connectivity index (χ2v) is 11.0. The smallest absolute Gasteiger partial charge is 0.409 e. The van der Waals surface area contributed by atoms with Gasteiger partial charge in [-0.3, -0.25) is 9.47 Å². The SMILES string of the molecule is C[C@@H](COC(=O)N1CCC(n2c(=O)[nH]c3cc4ccccc4cc32)CC1)N(Cc1ccccc1)Cc1ccccc1.S. The molecule has 42 heavy (non-hydrogen) atoms. The van der Waals surface area contributed by atoms with E-state index in [1.807, 2.05) is 34.9 Å². The highest BCUT2D eigenvalue weighted by Gasteiger charge is 2.28. The molecule has 0 unspecified atom stereocenters. The molecule has 0 radical (unpaired) electrons. The first-order valence-electron chi connectivity index (χ1n) is 14.4. The van der Waals surface area contributed by atoms with Gasteiger partial charge in [0.05, 0.1) is 11.0 Å². The predicted molar refractivity (Wildman–Crippen MR) is 173 cm³/mol. The quantitative estimate of drug-likeness (QED) is 0.228. The molecular weight excluding hydrogens is 544 g/mol. The first kappa shape index (κ1) is 29.5. The maximum absolute atomic E-state index is 13.1. The Morgan fingerprint density at radius 2 is 1.43 bits per heavy atom. The molecule has 4 aromatic carbocycles. The van der Waals surface area contributed by atoms with Crippen molar-refractivity contribution in [1.82, 2.24) is 19.4 Å². The van der Waals surface area contributed by atoms with Crippen LogP contribution in [-0.2, 0) is 17.8 Å². The lowest BCUT2D eigenvalue weighted by Gasteiger charge is -2.33. The minimum absolute atomic E-state index is 0. The first-order valence-corrected chi connectivity index (χ1v) is 14.4. The van der Waals surface area contributed by atoms with Crippen molar-refractivity contribution in [3.8, 4) is 0 Å². The molecular formula is C34H38N4O3S. The number of benzene rings is 4. The summed E-state index contributed by atoms with van der Waals surface area (Å²) in [6.45, 7) is 5.08. The molecule has 218 valence electrons. The highest BCUT2D eigenvalue weighted by molar-refractivity contribution is 7.59. The second-order valence-electron chi connectivity index (χ2n) is 11.0. The number of carbonyl (C=O) groups excluding carboxylic acids is 1. The van der Waals surface area contributed by atoms with E-state index in [-0.39, 0.29) is 37.4 Å². The summed E-state index contributed by atoms with van der Waals surface area (Å²) in [4.78, 5) is 33.1. The van der Waals surface area contributed by atoms with Gasteiger partial charge in [-0.2, -0.15) is 13.5 Å². The normalized spacial score (nSPS) is 14.7. The number of rotatable bonds is 8. The number of hydrogen-bond donors (Lipinski definition) is 1. The predicted octanol–water partition coefficient (Wildman–Crippen LogP) is 6.46. The molecule has 8 heteroatoms. The number of H-pyrrole nitrogens is 1. The van der Waals surface area contributed by atoms with Crippen LogP contribution in [0.1, 0.15) is 36.9 Å². The minimum atomic E-state index is -0.285. The number of amides is 1. The molecule has 2 heterocycles. The van der Waals surface area contributed by atoms with Crippen LogP contribution in [0.2, 0.25) is 0 Å². The zero-order chi connectivity index (χ0) is 28.2. The summed E-state index contributed by atoms with van der Waals surface area (Å²) in [5.74, 6) is 0. The van der Waals surface area contributed by atoms with E-state index >= 15 is 0 Å². The van der Waals surface area contributed by atoms with Crippen LogP contribution in [0.25, 0.3) is 21.8 Å². The molecule has 6 rings (SSSR count). The van der Waals surface area contributed by atoms with Gasteiger partial charge in [-0.05, 0) is 53.8 Å². The highest BCUT2D eigenvalue weighted by atomic mass is 32.1. The Morgan fingerprint density at radius 3 is 2.02 bits per heavy atom. The van der Waals surface area contributed by atoms with Gasteiger partial charge in [0.25, 0.3) is 0 Å². The number of nitrogens with zero attached hydrogens (tertiary/aromatic N) is 3. The summed E-state index contributed by atoms with van der Waals surface area (Å²) in [6.07, 6.45) is 1.13. The molecule has 1 atom stereocenters. The van der Waals surface area contributed by atoms with E-state index in [1.54, 1.807) is 4.90 Å². The maximum Gasteiger partial charge on any atom is 0.409 e. The lowest BCUT2D eigenvalue weighted by atomic mass is 10.0. The van der Waals surface area contributed by atoms with E-state index in [1.165, 1.54) is 11.1 Å². The molecule has 0 saturated carbocycles. The van der Waals surface area contributed by atoms with E-state index < -0.39 is 0 Å². The van der Waals surface area contributed by atoms with Crippen molar-refractivity contribution in [2.75, 3.05) is 19.7 Å². The van der Waals surface area contributed by atoms with Gasteiger partial charge in [0, 0.05) is 38.3 Å². The third-order valence-corrected chi connectivity index (χ3v) is 8.20. The Morgan fingerprint density at radius 1 is 0.881 bits per heavy atom. The van der Waals surface area contributed by atoms with Gasteiger partial charge >= 0.3 is 11.8 Å². The Balaban J connectivity index is 0.00000353. The number of carbonyl (C=O) groups is 1. The van der Waals surface area contributed by atoms with Crippen LogP contribution < -0.4 is 5.69 Å². The lowest BCUT2D eigenvalue weighted by Crippen LogP contribution is -2.42. The number of fused-ring (bicyclic) bond motifs is 2. The number of hydrogen-bond acceptors (Lipinski definition) is 4. The molecule has 1 fully saturated rings. The summed E-state index contributed by atoms with van der Waals surface area (Å²) in [5, 5.41) is 2.21. The van der Waals surface area contributed by atoms with E-state index in [2.05, 4.69) is 83.5 Å². The Bertz CT molecular complexity index is 1640. The molecule has 5 aromatic rings. The summed E-state index contributed by atoms with van der Waals surface area (Å²) in [6, 6.07) is 33.1. The zero-order valence-corrected chi connectivity index (χ0v) is 24.9. The monoisotopic (exact) mass is 582 g/mol. The number of aromatic nitrogens is 2. The lowest BCUT2D eigenvalue weighted by molar-refractivity contribution is 0.0567. The average Bonchev–Trinajstić information content (AvgIpc) is 3.33. The van der Waals surface area contributed by atoms with E-state index in [0.29, 0.717) is 32.5 Å². The van der Waals surface area contributed by atoms with Crippen molar-refractivity contribution in [2.45, 2.75) is 44.9 Å². The van der Waals surface area contributed by atoms with E-state index in [0.717, 1.165) is 34.9 Å². The largest absolute Gasteiger partial charge is 0.448 e. The summed E-state index contributed by atoms with van der Waals surface area (Å²) in [5.41, 5.74) is 4.12. The number of likely N-dealkylation sites (tertiary alicyclic amines) is 1. The zero-order valence-electron chi connectivity index (χ0n) is 23.9. The Labute approximate surface area is 253 Å². The molecule has 0 spiro atoms. The van der Waals surface area contributed by atoms with Crippen LogP contribution in [0.15, 0.2) is 102 Å². The van der Waals surface area contributed by atoms with Crippen molar-refractivity contribution in [3.63, 3.8) is 0 Å². The van der Waals surface area contributed by atoms with Crippen molar-refractivity contribution < 1.29 is 9.53 Å². The van der Waals surface area contributed by atoms with Gasteiger partial charge in [-0.25, -0.2) is 9.59 Å². The molecule has 1 amide bonds. The summed E-state index contributed by atoms with van der Waals surface area (Å²) >= 11 is 0. The molecule has 1 aliphatic heterocycles. The topological polar surface area (TPSA) is 70.6 Å². The van der Waals surface area contributed by atoms with Crippen LogP contribution in [-0.4, -0.2) is 51.2 Å². The molecule has 1 aliphatic rings. The third kappa shape index (κ3) is 6.55. The van der Waals surface area contributed by atoms with Crippen molar-refractivity contribution >= 4 is 41.4 Å². The number of piperidine rings is 1. The number of imidazole rings is 1. The van der Waals surface area contributed by atoms with Gasteiger partial charge in [0.1, 0.15) is 6.61 Å². The van der Waals surface area contributed by atoms with Gasteiger partial charge in [-0.1, -0.05) is 84.9 Å². The van der Waals surface area contributed by atoms with Crippen LogP contribution >= 0.6 is 13.5 Å². The summed E-state index contributed by atoms with van der Waals surface area (Å²) < 4.78 is 7.71. The highest BCUT2D eigenvalue weighted by Crippen LogP contribution is 2.28.